The van der Waals surface area contributed by atoms with Gasteiger partial charge in [-0.15, -0.1) is 0 Å². The number of aromatic nitrogens is 1. The van der Waals surface area contributed by atoms with E-state index in [9.17, 15) is 4.39 Å². The minimum atomic E-state index is -2.02. The standard InChI is InChI=1S/C7H9ClFNSi/c1-11(2,8)7-3-4-10-5-6(7)9/h3-5H,1-2H3. The van der Waals surface area contributed by atoms with Crippen molar-refractivity contribution >= 4 is 23.6 Å². The highest BCUT2D eigenvalue weighted by molar-refractivity contribution is 7.26. The van der Waals surface area contributed by atoms with E-state index < -0.39 is 7.38 Å². The number of pyridine rings is 1. The van der Waals surface area contributed by atoms with Crippen LogP contribution in [0.2, 0.25) is 13.1 Å². The van der Waals surface area contributed by atoms with E-state index >= 15 is 0 Å². The van der Waals surface area contributed by atoms with Crippen molar-refractivity contribution in [1.82, 2.24) is 4.98 Å². The summed E-state index contributed by atoms with van der Waals surface area (Å²) >= 11 is 6.03. The Morgan fingerprint density at radius 2 is 2.18 bits per heavy atom. The molecular formula is C7H9ClFNSi. The van der Waals surface area contributed by atoms with Gasteiger partial charge in [-0.25, -0.2) is 4.39 Å². The number of nitrogens with zero attached hydrogens (tertiary/aromatic N) is 1. The topological polar surface area (TPSA) is 12.9 Å². The lowest BCUT2D eigenvalue weighted by molar-refractivity contribution is 0.629. The van der Waals surface area contributed by atoms with E-state index in [1.165, 1.54) is 6.20 Å². The van der Waals surface area contributed by atoms with Crippen molar-refractivity contribution in [2.24, 2.45) is 0 Å². The molecule has 0 saturated carbocycles. The van der Waals surface area contributed by atoms with E-state index in [2.05, 4.69) is 4.98 Å². The Kier molecular flexibility index (Phi) is 2.30. The van der Waals surface area contributed by atoms with Crippen LogP contribution in [-0.4, -0.2) is 12.4 Å². The zero-order valence-electron chi connectivity index (χ0n) is 6.44. The van der Waals surface area contributed by atoms with Crippen LogP contribution in [0.15, 0.2) is 18.5 Å². The van der Waals surface area contributed by atoms with E-state index in [1.54, 1.807) is 12.3 Å². The molecule has 0 aliphatic rings. The summed E-state index contributed by atoms with van der Waals surface area (Å²) in [5, 5.41) is 0.620. The first-order chi connectivity index (χ1) is 5.02. The van der Waals surface area contributed by atoms with Crippen LogP contribution in [0.25, 0.3) is 0 Å². The van der Waals surface area contributed by atoms with Crippen molar-refractivity contribution in [3.8, 4) is 0 Å². The first-order valence-electron chi connectivity index (χ1n) is 3.31. The second kappa shape index (κ2) is 2.91. The molecule has 60 valence electrons. The van der Waals surface area contributed by atoms with E-state index in [-0.39, 0.29) is 5.82 Å². The minimum absolute atomic E-state index is 0.292. The summed E-state index contributed by atoms with van der Waals surface area (Å²) < 4.78 is 13.0. The third kappa shape index (κ3) is 2.01. The molecule has 1 aromatic heterocycles. The van der Waals surface area contributed by atoms with Crippen LogP contribution < -0.4 is 5.19 Å². The van der Waals surface area contributed by atoms with E-state index in [0.29, 0.717) is 5.19 Å². The Labute approximate surface area is 70.9 Å². The van der Waals surface area contributed by atoms with Crippen molar-refractivity contribution in [1.29, 1.82) is 0 Å². The van der Waals surface area contributed by atoms with Gasteiger partial charge in [-0.05, 0) is 11.3 Å². The largest absolute Gasteiger partial charge is 0.262 e. The van der Waals surface area contributed by atoms with Gasteiger partial charge in [0.2, 0.25) is 0 Å². The highest BCUT2D eigenvalue weighted by Crippen LogP contribution is 2.09. The summed E-state index contributed by atoms with van der Waals surface area (Å²) in [6, 6.07) is 1.65. The summed E-state index contributed by atoms with van der Waals surface area (Å²) in [5.41, 5.74) is 0. The zero-order valence-corrected chi connectivity index (χ0v) is 8.19. The average molecular weight is 190 g/mol. The van der Waals surface area contributed by atoms with Gasteiger partial charge >= 0.3 is 0 Å². The maximum atomic E-state index is 13.0. The minimum Gasteiger partial charge on any atom is -0.262 e. The number of hydrogen-bond acceptors (Lipinski definition) is 1. The maximum Gasteiger partial charge on any atom is 0.184 e. The molecule has 0 amide bonds. The van der Waals surface area contributed by atoms with Crippen molar-refractivity contribution < 1.29 is 4.39 Å². The lowest BCUT2D eigenvalue weighted by Gasteiger charge is -2.12. The Morgan fingerprint density at radius 1 is 1.55 bits per heavy atom. The number of hydrogen-bond donors (Lipinski definition) is 0. The van der Waals surface area contributed by atoms with Crippen molar-refractivity contribution in [3.63, 3.8) is 0 Å². The van der Waals surface area contributed by atoms with Gasteiger partial charge in [0.15, 0.2) is 7.38 Å². The second-order valence-corrected chi connectivity index (χ2v) is 9.15. The smallest absolute Gasteiger partial charge is 0.184 e. The molecule has 4 heteroatoms. The van der Waals surface area contributed by atoms with Crippen LogP contribution in [0.3, 0.4) is 0 Å². The lowest BCUT2D eigenvalue weighted by Crippen LogP contribution is -2.37. The molecule has 0 fully saturated rings. The van der Waals surface area contributed by atoms with Crippen LogP contribution in [0.4, 0.5) is 4.39 Å². The molecule has 1 rings (SSSR count). The molecular weight excluding hydrogens is 181 g/mol. The molecule has 1 aromatic rings. The maximum absolute atomic E-state index is 13.0. The predicted octanol–water partition coefficient (Wildman–Crippen LogP) is 1.87. The fourth-order valence-corrected chi connectivity index (χ4v) is 2.42. The summed E-state index contributed by atoms with van der Waals surface area (Å²) in [5.74, 6) is -0.292. The molecule has 0 aliphatic heterocycles. The molecule has 0 aliphatic carbocycles. The lowest BCUT2D eigenvalue weighted by atomic mass is 10.5. The molecule has 0 radical (unpaired) electrons. The molecule has 0 atom stereocenters. The molecule has 1 nitrogen and oxygen atoms in total. The zero-order chi connectivity index (χ0) is 8.48. The highest BCUT2D eigenvalue weighted by atomic mass is 35.6. The van der Waals surface area contributed by atoms with Gasteiger partial charge in [0.05, 0.1) is 6.20 Å². The summed E-state index contributed by atoms with van der Waals surface area (Å²) in [7, 11) is -2.02. The van der Waals surface area contributed by atoms with Crippen LogP contribution in [0.5, 0.6) is 0 Å². The van der Waals surface area contributed by atoms with Gasteiger partial charge in [0.25, 0.3) is 0 Å². The Morgan fingerprint density at radius 3 is 2.55 bits per heavy atom. The fraction of sp³-hybridized carbons (Fsp3) is 0.286. The normalized spacial score (nSPS) is 11.6. The van der Waals surface area contributed by atoms with Crippen LogP contribution in [0.1, 0.15) is 0 Å². The van der Waals surface area contributed by atoms with E-state index in [4.69, 9.17) is 11.1 Å². The molecule has 0 aromatic carbocycles. The fourth-order valence-electron chi connectivity index (χ4n) is 0.857. The first kappa shape index (κ1) is 8.68. The van der Waals surface area contributed by atoms with Crippen LogP contribution in [0, 0.1) is 5.82 Å². The summed E-state index contributed by atoms with van der Waals surface area (Å²) in [6.45, 7) is 3.76. The van der Waals surface area contributed by atoms with Gasteiger partial charge in [0, 0.05) is 6.20 Å². The predicted molar refractivity (Wildman–Crippen MR) is 47.2 cm³/mol. The third-order valence-corrected chi connectivity index (χ3v) is 3.71. The van der Waals surface area contributed by atoms with Gasteiger partial charge in [0.1, 0.15) is 5.82 Å². The van der Waals surface area contributed by atoms with Crippen molar-refractivity contribution in [2.75, 3.05) is 0 Å². The van der Waals surface area contributed by atoms with Gasteiger partial charge in [-0.2, -0.15) is 11.1 Å². The van der Waals surface area contributed by atoms with E-state index in [1.807, 2.05) is 13.1 Å². The second-order valence-electron chi connectivity index (χ2n) is 2.83. The average Bonchev–Trinajstić information content (AvgIpc) is 1.86. The summed E-state index contributed by atoms with van der Waals surface area (Å²) in [4.78, 5) is 3.65. The molecule has 1 heterocycles. The number of rotatable bonds is 1. The molecule has 0 bridgehead atoms. The monoisotopic (exact) mass is 189 g/mol. The van der Waals surface area contributed by atoms with Crippen molar-refractivity contribution in [3.05, 3.63) is 24.3 Å². The summed E-state index contributed by atoms with van der Waals surface area (Å²) in [6.07, 6.45) is 2.77. The van der Waals surface area contributed by atoms with Gasteiger partial charge in [-0.1, -0.05) is 13.1 Å². The number of halogens is 2. The Bertz CT molecular complexity index is 259. The van der Waals surface area contributed by atoms with Gasteiger partial charge < -0.3 is 0 Å². The van der Waals surface area contributed by atoms with Crippen molar-refractivity contribution in [2.45, 2.75) is 13.1 Å². The molecule has 0 saturated heterocycles. The Balaban J connectivity index is 3.14. The molecule has 0 unspecified atom stereocenters. The van der Waals surface area contributed by atoms with Crippen LogP contribution in [-0.2, 0) is 0 Å². The SMILES string of the molecule is C[Si](C)(Cl)c1ccncc1F. The molecule has 0 N–H and O–H groups in total. The highest BCUT2D eigenvalue weighted by Gasteiger charge is 2.23. The first-order valence-corrected chi connectivity index (χ1v) is 7.32. The molecule has 0 spiro atoms. The Hall–Kier alpha value is -0.413. The molecule has 11 heavy (non-hydrogen) atoms. The quantitative estimate of drug-likeness (QED) is 0.486. The van der Waals surface area contributed by atoms with E-state index in [0.717, 1.165) is 0 Å². The van der Waals surface area contributed by atoms with Gasteiger partial charge in [-0.3, -0.25) is 4.98 Å². The van der Waals surface area contributed by atoms with Crippen LogP contribution >= 0.6 is 11.1 Å². The third-order valence-electron chi connectivity index (χ3n) is 1.41.